The highest BCUT2D eigenvalue weighted by Gasteiger charge is 2.51. The Bertz CT molecular complexity index is 1280. The molecule has 34 heavy (non-hydrogen) atoms. The normalized spacial score (nSPS) is 16.0. The zero-order valence-electron chi connectivity index (χ0n) is 17.9. The summed E-state index contributed by atoms with van der Waals surface area (Å²) in [7, 11) is 0. The number of hydrogen-bond donors (Lipinski definition) is 2. The molecule has 0 aliphatic carbocycles. The maximum atomic E-state index is 13.2. The van der Waals surface area contributed by atoms with Gasteiger partial charge in [0.05, 0.1) is 30.0 Å². The van der Waals surface area contributed by atoms with Crippen LogP contribution in [0.1, 0.15) is 36.9 Å². The number of halogens is 2. The smallest absolute Gasteiger partial charge is 0.276 e. The third-order valence-electron chi connectivity index (χ3n) is 6.03. The van der Waals surface area contributed by atoms with Gasteiger partial charge in [0.25, 0.3) is 11.8 Å². The molecule has 1 aromatic heterocycles. The van der Waals surface area contributed by atoms with Crippen LogP contribution >= 0.6 is 11.6 Å². The molecule has 8 nitrogen and oxygen atoms in total. The average Bonchev–Trinajstić information content (AvgIpc) is 3.23. The number of rotatable bonds is 6. The molecule has 0 radical (unpaired) electrons. The van der Waals surface area contributed by atoms with Crippen LogP contribution in [0.2, 0.25) is 5.02 Å². The van der Waals surface area contributed by atoms with E-state index in [9.17, 15) is 18.8 Å². The highest BCUT2D eigenvalue weighted by atomic mass is 35.5. The summed E-state index contributed by atoms with van der Waals surface area (Å²) in [4.78, 5) is 46.5. The molecule has 2 N–H and O–H groups in total. The van der Waals surface area contributed by atoms with Gasteiger partial charge in [-0.1, -0.05) is 23.7 Å². The number of carbonyl (C=O) groups is 3. The lowest BCUT2D eigenvalue weighted by molar-refractivity contribution is -0.176. The standard InChI is InChI=1S/C24H20ClFN4O4/c25-18-8-15(26)3-6-17(18)19(31)7-14-1-4-16(5-2-14)29-22(32)20-21(28-13-27-20)23(33)30-9-24(10-30)11-34-12-24/h1-6,8,13H,7,9-12H2,(H,27,28)(H,29,32). The molecule has 2 aromatic carbocycles. The number of anilines is 1. The second kappa shape index (κ2) is 8.66. The monoisotopic (exact) mass is 482 g/mol. The van der Waals surface area contributed by atoms with Crippen molar-refractivity contribution in [1.82, 2.24) is 14.9 Å². The molecule has 174 valence electrons. The SMILES string of the molecule is O=C(Cc1ccc(NC(=O)c2nc[nH]c2C(=O)N2CC3(COC3)C2)cc1)c1ccc(F)cc1Cl. The van der Waals surface area contributed by atoms with Gasteiger partial charge in [0, 0.05) is 30.8 Å². The van der Waals surface area contributed by atoms with Crippen LogP contribution < -0.4 is 5.32 Å². The van der Waals surface area contributed by atoms with Crippen molar-refractivity contribution in [3.05, 3.63) is 82.1 Å². The largest absolute Gasteiger partial charge is 0.380 e. The van der Waals surface area contributed by atoms with Crippen LogP contribution in [0.4, 0.5) is 10.1 Å². The van der Waals surface area contributed by atoms with E-state index in [0.29, 0.717) is 37.6 Å². The lowest BCUT2D eigenvalue weighted by Crippen LogP contribution is -2.67. The minimum atomic E-state index is -0.520. The van der Waals surface area contributed by atoms with Gasteiger partial charge >= 0.3 is 0 Å². The predicted octanol–water partition coefficient (Wildman–Crippen LogP) is 3.35. The Hall–Kier alpha value is -3.56. The Balaban J connectivity index is 1.21. The maximum absolute atomic E-state index is 13.2. The average molecular weight is 483 g/mol. The van der Waals surface area contributed by atoms with Crippen LogP contribution in [-0.4, -0.2) is 58.8 Å². The molecule has 2 fully saturated rings. The zero-order chi connectivity index (χ0) is 23.9. The molecule has 2 aliphatic rings. The van der Waals surface area contributed by atoms with Crippen LogP contribution in [0.5, 0.6) is 0 Å². The molecular weight excluding hydrogens is 463 g/mol. The van der Waals surface area contributed by atoms with E-state index in [1.165, 1.54) is 18.5 Å². The van der Waals surface area contributed by atoms with Crippen LogP contribution in [0.15, 0.2) is 48.8 Å². The fraction of sp³-hybridized carbons (Fsp3) is 0.250. The number of benzene rings is 2. The van der Waals surface area contributed by atoms with Gasteiger partial charge in [-0.05, 0) is 35.9 Å². The number of Topliss-reactive ketones (excluding diaryl/α,β-unsaturated/α-hetero) is 1. The van der Waals surface area contributed by atoms with E-state index in [1.807, 2.05) is 0 Å². The maximum Gasteiger partial charge on any atom is 0.276 e. The first kappa shape index (κ1) is 22.2. The number of nitrogens with one attached hydrogen (secondary N) is 2. The van der Waals surface area contributed by atoms with Crippen molar-refractivity contribution in [2.45, 2.75) is 6.42 Å². The van der Waals surface area contributed by atoms with E-state index in [-0.39, 0.29) is 45.5 Å². The first-order chi connectivity index (χ1) is 16.3. The molecule has 0 bridgehead atoms. The Labute approximate surface area is 199 Å². The third-order valence-corrected chi connectivity index (χ3v) is 6.35. The summed E-state index contributed by atoms with van der Waals surface area (Å²) in [6.45, 7) is 2.53. The van der Waals surface area contributed by atoms with Crippen molar-refractivity contribution in [2.75, 3.05) is 31.6 Å². The topological polar surface area (TPSA) is 104 Å². The molecule has 0 saturated carbocycles. The van der Waals surface area contributed by atoms with Crippen molar-refractivity contribution >= 4 is 34.9 Å². The van der Waals surface area contributed by atoms with Gasteiger partial charge in [-0.2, -0.15) is 0 Å². The number of amides is 2. The van der Waals surface area contributed by atoms with Gasteiger partial charge in [-0.25, -0.2) is 9.37 Å². The first-order valence-electron chi connectivity index (χ1n) is 10.6. The van der Waals surface area contributed by atoms with E-state index < -0.39 is 11.7 Å². The molecule has 10 heteroatoms. The summed E-state index contributed by atoms with van der Waals surface area (Å²) in [5.74, 6) is -1.55. The quantitative estimate of drug-likeness (QED) is 0.524. The zero-order valence-corrected chi connectivity index (χ0v) is 18.7. The molecule has 2 aliphatic heterocycles. The summed E-state index contributed by atoms with van der Waals surface area (Å²) < 4.78 is 18.4. The second-order valence-electron chi connectivity index (χ2n) is 8.66. The molecule has 0 atom stereocenters. The van der Waals surface area contributed by atoms with E-state index in [2.05, 4.69) is 15.3 Å². The molecule has 3 aromatic rings. The van der Waals surface area contributed by atoms with Crippen molar-refractivity contribution in [1.29, 1.82) is 0 Å². The van der Waals surface area contributed by atoms with Gasteiger partial charge in [0.2, 0.25) is 0 Å². The van der Waals surface area contributed by atoms with Gasteiger partial charge in [0.15, 0.2) is 11.5 Å². The number of ketones is 1. The fourth-order valence-corrected chi connectivity index (χ4v) is 4.43. The minimum Gasteiger partial charge on any atom is -0.380 e. The van der Waals surface area contributed by atoms with E-state index in [4.69, 9.17) is 16.3 Å². The van der Waals surface area contributed by atoms with E-state index >= 15 is 0 Å². The lowest BCUT2D eigenvalue weighted by Gasteiger charge is -2.54. The highest BCUT2D eigenvalue weighted by Crippen LogP contribution is 2.38. The van der Waals surface area contributed by atoms with Crippen molar-refractivity contribution in [2.24, 2.45) is 5.41 Å². The molecular formula is C24H20ClFN4O4. The van der Waals surface area contributed by atoms with Crippen molar-refractivity contribution in [3.63, 3.8) is 0 Å². The number of likely N-dealkylation sites (tertiary alicyclic amines) is 1. The van der Waals surface area contributed by atoms with Crippen molar-refractivity contribution in [3.8, 4) is 0 Å². The number of imidazole rings is 1. The van der Waals surface area contributed by atoms with Crippen LogP contribution in [-0.2, 0) is 11.2 Å². The Morgan fingerprint density at radius 2 is 1.88 bits per heavy atom. The third kappa shape index (κ3) is 4.20. The molecule has 1 spiro atoms. The number of nitrogens with zero attached hydrogens (tertiary/aromatic N) is 2. The Morgan fingerprint density at radius 3 is 2.53 bits per heavy atom. The predicted molar refractivity (Wildman–Crippen MR) is 122 cm³/mol. The first-order valence-corrected chi connectivity index (χ1v) is 11.0. The summed E-state index contributed by atoms with van der Waals surface area (Å²) >= 11 is 5.96. The second-order valence-corrected chi connectivity index (χ2v) is 9.06. The summed E-state index contributed by atoms with van der Waals surface area (Å²) in [6.07, 6.45) is 1.39. The van der Waals surface area contributed by atoms with Crippen molar-refractivity contribution < 1.29 is 23.5 Å². The number of hydrogen-bond acceptors (Lipinski definition) is 5. The molecule has 2 saturated heterocycles. The number of aromatic amines is 1. The Kier molecular flexibility index (Phi) is 5.66. The molecule has 3 heterocycles. The van der Waals surface area contributed by atoms with Gasteiger partial charge < -0.3 is 19.9 Å². The van der Waals surface area contributed by atoms with Gasteiger partial charge in [-0.3, -0.25) is 14.4 Å². The van der Waals surface area contributed by atoms with Crippen LogP contribution in [0.3, 0.4) is 0 Å². The molecule has 0 unspecified atom stereocenters. The van der Waals surface area contributed by atoms with Gasteiger partial charge in [0.1, 0.15) is 11.5 Å². The number of aromatic nitrogens is 2. The number of ether oxygens (including phenoxy) is 1. The minimum absolute atomic E-state index is 0.0148. The molecule has 5 rings (SSSR count). The summed E-state index contributed by atoms with van der Waals surface area (Å²) in [5.41, 5.74) is 1.66. The van der Waals surface area contributed by atoms with Crippen LogP contribution in [0, 0.1) is 11.2 Å². The van der Waals surface area contributed by atoms with E-state index in [1.54, 1.807) is 29.2 Å². The number of carbonyl (C=O) groups excluding carboxylic acids is 3. The molecule has 2 amide bonds. The fourth-order valence-electron chi connectivity index (χ4n) is 4.16. The summed E-state index contributed by atoms with van der Waals surface area (Å²) in [6, 6.07) is 10.3. The van der Waals surface area contributed by atoms with E-state index in [0.717, 1.165) is 6.07 Å². The lowest BCUT2D eigenvalue weighted by atomic mass is 9.78. The van der Waals surface area contributed by atoms with Gasteiger partial charge in [-0.15, -0.1) is 0 Å². The highest BCUT2D eigenvalue weighted by molar-refractivity contribution is 6.34. The summed E-state index contributed by atoms with van der Waals surface area (Å²) in [5, 5.41) is 2.78. The number of H-pyrrole nitrogens is 1. The van der Waals surface area contributed by atoms with Crippen LogP contribution in [0.25, 0.3) is 0 Å². The Morgan fingerprint density at radius 1 is 1.15 bits per heavy atom.